The number of hydrogen-bond acceptors (Lipinski definition) is 6. The highest BCUT2D eigenvalue weighted by molar-refractivity contribution is 6.91. The fourth-order valence-electron chi connectivity index (χ4n) is 5.71. The number of fused-ring (bicyclic) bond motifs is 1. The van der Waals surface area contributed by atoms with E-state index < -0.39 is 8.07 Å². The number of amides is 1. The van der Waals surface area contributed by atoms with Crippen LogP contribution >= 0.6 is 0 Å². The molecule has 0 fully saturated rings. The highest BCUT2D eigenvalue weighted by atomic mass is 28.3. The van der Waals surface area contributed by atoms with Gasteiger partial charge in [-0.2, -0.15) is 0 Å². The molecular formula is C31H39NO6Si. The number of methoxy groups -OCH3 is 3. The van der Waals surface area contributed by atoms with E-state index >= 15 is 0 Å². The monoisotopic (exact) mass is 549 g/mol. The fraction of sp³-hybridized carbons (Fsp3) is 0.387. The van der Waals surface area contributed by atoms with Gasteiger partial charge in [-0.05, 0) is 66.6 Å². The Morgan fingerprint density at radius 1 is 0.974 bits per heavy atom. The number of rotatable bonds is 10. The molecule has 0 aliphatic carbocycles. The van der Waals surface area contributed by atoms with Crippen LogP contribution in [0.1, 0.15) is 35.4 Å². The fourth-order valence-corrected chi connectivity index (χ4v) is 9.21. The molecule has 0 saturated carbocycles. The summed E-state index contributed by atoms with van der Waals surface area (Å²) in [4.78, 5) is 12.9. The SMILES string of the molecule is COc1ccc(C(=O)Nc2ccc3c(c2)[C@H](OC)[C@@H](C)[C@H](C(CCO)[Si](C)(C)c2ccc(OC)cc2)O3)cc1. The van der Waals surface area contributed by atoms with Gasteiger partial charge in [-0.25, -0.2) is 0 Å². The van der Waals surface area contributed by atoms with Crippen molar-refractivity contribution >= 4 is 24.9 Å². The van der Waals surface area contributed by atoms with Gasteiger partial charge in [0.1, 0.15) is 23.4 Å². The molecule has 1 unspecified atom stereocenters. The van der Waals surface area contributed by atoms with Crippen LogP contribution < -0.4 is 24.7 Å². The highest BCUT2D eigenvalue weighted by Gasteiger charge is 2.46. The summed E-state index contributed by atoms with van der Waals surface area (Å²) in [5.41, 5.74) is 2.26. The van der Waals surface area contributed by atoms with Crippen LogP contribution in [0.5, 0.6) is 17.2 Å². The maximum Gasteiger partial charge on any atom is 0.255 e. The summed E-state index contributed by atoms with van der Waals surface area (Å²) in [6.07, 6.45) is 0.277. The van der Waals surface area contributed by atoms with Crippen molar-refractivity contribution in [3.63, 3.8) is 0 Å². The summed E-state index contributed by atoms with van der Waals surface area (Å²) in [6, 6.07) is 21.0. The van der Waals surface area contributed by atoms with Gasteiger partial charge in [0.2, 0.25) is 0 Å². The third-order valence-corrected chi connectivity index (χ3v) is 12.3. The Balaban J connectivity index is 1.61. The molecule has 0 saturated heterocycles. The maximum absolute atomic E-state index is 12.9. The first kappa shape index (κ1) is 28.7. The number of anilines is 1. The molecule has 4 atom stereocenters. The van der Waals surface area contributed by atoms with E-state index in [-0.39, 0.29) is 36.2 Å². The van der Waals surface area contributed by atoms with Gasteiger partial charge in [-0.15, -0.1) is 0 Å². The molecule has 1 amide bonds. The Bertz CT molecular complexity index is 1260. The van der Waals surface area contributed by atoms with Gasteiger partial charge >= 0.3 is 0 Å². The summed E-state index contributed by atoms with van der Waals surface area (Å²) in [6.45, 7) is 6.90. The van der Waals surface area contributed by atoms with Gasteiger partial charge in [0.15, 0.2) is 0 Å². The summed E-state index contributed by atoms with van der Waals surface area (Å²) in [5, 5.41) is 14.3. The third-order valence-electron chi connectivity index (χ3n) is 8.04. The van der Waals surface area contributed by atoms with Crippen LogP contribution in [0, 0.1) is 5.92 Å². The lowest BCUT2D eigenvalue weighted by molar-refractivity contribution is -0.0241. The Labute approximate surface area is 232 Å². The first-order chi connectivity index (χ1) is 18.7. The molecule has 3 aromatic rings. The number of carbonyl (C=O) groups is 1. The number of ether oxygens (including phenoxy) is 4. The predicted octanol–water partition coefficient (Wildman–Crippen LogP) is 5.41. The second kappa shape index (κ2) is 12.2. The zero-order chi connectivity index (χ0) is 28.2. The minimum atomic E-state index is -2.10. The average molecular weight is 550 g/mol. The Hall–Kier alpha value is -3.33. The van der Waals surface area contributed by atoms with E-state index in [0.29, 0.717) is 23.4 Å². The lowest BCUT2D eigenvalue weighted by atomic mass is 9.86. The molecule has 1 aliphatic rings. The molecule has 0 bridgehead atoms. The number of aliphatic hydroxyl groups is 1. The molecule has 0 spiro atoms. The lowest BCUT2D eigenvalue weighted by Crippen LogP contribution is -2.54. The molecule has 2 N–H and O–H groups in total. The molecule has 0 aromatic heterocycles. The second-order valence-electron chi connectivity index (χ2n) is 10.6. The molecule has 3 aromatic carbocycles. The Morgan fingerprint density at radius 2 is 1.59 bits per heavy atom. The van der Waals surface area contributed by atoms with Crippen LogP contribution in [-0.2, 0) is 4.74 Å². The lowest BCUT2D eigenvalue weighted by Gasteiger charge is -2.45. The van der Waals surface area contributed by atoms with E-state index in [4.69, 9.17) is 18.9 Å². The van der Waals surface area contributed by atoms with Crippen molar-refractivity contribution < 1.29 is 28.8 Å². The van der Waals surface area contributed by atoms with Gasteiger partial charge in [-0.1, -0.05) is 37.3 Å². The van der Waals surface area contributed by atoms with Crippen molar-refractivity contribution in [2.24, 2.45) is 5.92 Å². The molecule has 39 heavy (non-hydrogen) atoms. The van der Waals surface area contributed by atoms with E-state index in [1.54, 1.807) is 45.6 Å². The van der Waals surface area contributed by atoms with Gasteiger partial charge in [-0.3, -0.25) is 4.79 Å². The van der Waals surface area contributed by atoms with Gasteiger partial charge < -0.3 is 29.4 Å². The quantitative estimate of drug-likeness (QED) is 0.329. The first-order valence-electron chi connectivity index (χ1n) is 13.3. The second-order valence-corrected chi connectivity index (χ2v) is 15.4. The smallest absolute Gasteiger partial charge is 0.255 e. The summed E-state index contributed by atoms with van der Waals surface area (Å²) < 4.78 is 23.3. The molecule has 1 aliphatic heterocycles. The molecule has 0 radical (unpaired) electrons. The molecular weight excluding hydrogens is 510 g/mol. The largest absolute Gasteiger partial charge is 0.497 e. The van der Waals surface area contributed by atoms with Crippen molar-refractivity contribution in [1.82, 2.24) is 0 Å². The molecule has 4 rings (SSSR count). The van der Waals surface area contributed by atoms with Crippen LogP contribution in [0.2, 0.25) is 18.6 Å². The van der Waals surface area contributed by atoms with Crippen molar-refractivity contribution in [3.8, 4) is 17.2 Å². The molecule has 7 nitrogen and oxygen atoms in total. The van der Waals surface area contributed by atoms with Gasteiger partial charge in [0.25, 0.3) is 5.91 Å². The van der Waals surface area contributed by atoms with Crippen LogP contribution in [0.25, 0.3) is 0 Å². The van der Waals surface area contributed by atoms with E-state index in [9.17, 15) is 9.90 Å². The van der Waals surface area contributed by atoms with Gasteiger partial charge in [0.05, 0.1) is 28.4 Å². The number of aliphatic hydroxyl groups excluding tert-OH is 1. The Morgan fingerprint density at radius 3 is 2.15 bits per heavy atom. The number of benzene rings is 3. The summed E-state index contributed by atoms with van der Waals surface area (Å²) in [5.74, 6) is 2.09. The summed E-state index contributed by atoms with van der Waals surface area (Å²) >= 11 is 0. The van der Waals surface area contributed by atoms with Crippen molar-refractivity contribution in [2.45, 2.75) is 44.2 Å². The maximum atomic E-state index is 12.9. The van der Waals surface area contributed by atoms with Crippen LogP contribution in [0.4, 0.5) is 5.69 Å². The Kier molecular flexibility index (Phi) is 9.00. The normalized spacial score (nSPS) is 19.4. The molecule has 8 heteroatoms. The van der Waals surface area contributed by atoms with E-state index in [1.165, 1.54) is 5.19 Å². The highest BCUT2D eigenvalue weighted by Crippen LogP contribution is 2.47. The van der Waals surface area contributed by atoms with Crippen LogP contribution in [0.3, 0.4) is 0 Å². The zero-order valence-corrected chi connectivity index (χ0v) is 24.6. The third kappa shape index (κ3) is 5.98. The minimum Gasteiger partial charge on any atom is -0.497 e. The van der Waals surface area contributed by atoms with Crippen molar-refractivity contribution in [1.29, 1.82) is 0 Å². The van der Waals surface area contributed by atoms with Crippen LogP contribution in [0.15, 0.2) is 66.7 Å². The number of nitrogens with one attached hydrogen (secondary N) is 1. The zero-order valence-electron chi connectivity index (χ0n) is 23.6. The number of carbonyl (C=O) groups excluding carboxylic acids is 1. The average Bonchev–Trinajstić information content (AvgIpc) is 2.95. The first-order valence-corrected chi connectivity index (χ1v) is 16.3. The van der Waals surface area contributed by atoms with Gasteiger partial charge in [0, 0.05) is 36.4 Å². The summed E-state index contributed by atoms with van der Waals surface area (Å²) in [7, 11) is 2.88. The van der Waals surface area contributed by atoms with Crippen LogP contribution in [-0.4, -0.2) is 53.1 Å². The molecule has 208 valence electrons. The minimum absolute atomic E-state index is 0.0246. The van der Waals surface area contributed by atoms with Crippen molar-refractivity contribution in [2.75, 3.05) is 33.3 Å². The predicted molar refractivity (Wildman–Crippen MR) is 156 cm³/mol. The van der Waals surface area contributed by atoms with E-state index in [1.807, 2.05) is 30.3 Å². The number of hydrogen-bond donors (Lipinski definition) is 2. The standard InChI is InChI=1S/C31H39NO6Si/c1-20-29(37-4)26-19-22(32-31(34)21-7-10-23(35-2)11-8-21)9-16-27(26)38-30(20)28(17-18-33)39(5,6)25-14-12-24(36-3)13-15-25/h7-16,19-20,28-30,33H,17-18H2,1-6H3,(H,32,34)/t20-,28?,29-,30-/m1/s1. The molecule has 1 heterocycles. The topological polar surface area (TPSA) is 86.3 Å². The van der Waals surface area contributed by atoms with E-state index in [0.717, 1.165) is 17.1 Å². The van der Waals surface area contributed by atoms with Crippen molar-refractivity contribution in [3.05, 3.63) is 77.9 Å². The van der Waals surface area contributed by atoms with E-state index in [2.05, 4.69) is 37.5 Å².